The lowest BCUT2D eigenvalue weighted by atomic mass is 10.4. The second-order valence-corrected chi connectivity index (χ2v) is 3.73. The number of nitrogen functional groups attached to an aromatic ring is 1. The molecule has 5 N–H and O–H groups in total. The van der Waals surface area contributed by atoms with E-state index in [9.17, 15) is 4.79 Å². The maximum atomic E-state index is 10.4. The van der Waals surface area contributed by atoms with Gasteiger partial charge in [0.2, 0.25) is 0 Å². The smallest absolute Gasteiger partial charge is 0.321 e. The van der Waals surface area contributed by atoms with Crippen LogP contribution in [0.5, 0.6) is 0 Å². The summed E-state index contributed by atoms with van der Waals surface area (Å²) in [4.78, 5) is 14.4. The zero-order valence-electron chi connectivity index (χ0n) is 7.38. The largest absolute Gasteiger partial charge is 0.480 e. The highest BCUT2D eigenvalue weighted by Gasteiger charge is 2.11. The number of rotatable bonds is 4. The van der Waals surface area contributed by atoms with Crippen molar-refractivity contribution in [3.8, 4) is 0 Å². The van der Waals surface area contributed by atoms with E-state index in [0.717, 1.165) is 5.03 Å². The number of carbonyl (C=O) groups is 1. The minimum absolute atomic E-state index is 0.298. The minimum Gasteiger partial charge on any atom is -0.480 e. The van der Waals surface area contributed by atoms with E-state index in [1.165, 1.54) is 18.0 Å². The van der Waals surface area contributed by atoms with Gasteiger partial charge in [-0.25, -0.2) is 4.98 Å². The van der Waals surface area contributed by atoms with Gasteiger partial charge in [0, 0.05) is 5.75 Å². The van der Waals surface area contributed by atoms with Crippen LogP contribution in [0, 0.1) is 0 Å². The van der Waals surface area contributed by atoms with Gasteiger partial charge < -0.3 is 16.6 Å². The molecule has 0 aliphatic heterocycles. The molecule has 0 bridgehead atoms. The Morgan fingerprint density at radius 2 is 2.36 bits per heavy atom. The van der Waals surface area contributed by atoms with E-state index in [1.807, 2.05) is 0 Å². The van der Waals surface area contributed by atoms with Gasteiger partial charge in [-0.05, 0) is 12.1 Å². The third kappa shape index (κ3) is 3.23. The molecule has 1 aromatic rings. The van der Waals surface area contributed by atoms with Crippen LogP contribution in [0.15, 0.2) is 23.4 Å². The molecule has 0 aliphatic rings. The lowest BCUT2D eigenvalue weighted by Crippen LogP contribution is -2.32. The Kier molecular flexibility index (Phi) is 3.73. The molecule has 0 fully saturated rings. The van der Waals surface area contributed by atoms with E-state index in [-0.39, 0.29) is 0 Å². The maximum Gasteiger partial charge on any atom is 0.321 e. The fourth-order valence-corrected chi connectivity index (χ4v) is 1.51. The molecule has 1 rings (SSSR count). The molecule has 0 saturated carbocycles. The molecule has 1 heterocycles. The Balaban J connectivity index is 2.46. The first-order chi connectivity index (χ1) is 6.59. The SMILES string of the molecule is Nc1ccc(SCC(N)C(=O)O)nc1. The summed E-state index contributed by atoms with van der Waals surface area (Å²) in [5.74, 6) is -0.709. The van der Waals surface area contributed by atoms with Crippen molar-refractivity contribution in [1.82, 2.24) is 4.98 Å². The number of nitrogens with two attached hydrogens (primary N) is 2. The van der Waals surface area contributed by atoms with Crippen molar-refractivity contribution >= 4 is 23.4 Å². The van der Waals surface area contributed by atoms with Gasteiger partial charge >= 0.3 is 5.97 Å². The van der Waals surface area contributed by atoms with Gasteiger partial charge in [-0.15, -0.1) is 11.8 Å². The molecule has 0 spiro atoms. The molecule has 14 heavy (non-hydrogen) atoms. The van der Waals surface area contributed by atoms with Gasteiger partial charge in [-0.1, -0.05) is 0 Å². The van der Waals surface area contributed by atoms with Crippen molar-refractivity contribution < 1.29 is 9.90 Å². The highest BCUT2D eigenvalue weighted by Crippen LogP contribution is 2.16. The van der Waals surface area contributed by atoms with Crippen molar-refractivity contribution in [2.75, 3.05) is 11.5 Å². The van der Waals surface area contributed by atoms with Gasteiger partial charge in [0.25, 0.3) is 0 Å². The van der Waals surface area contributed by atoms with Crippen LogP contribution in [0.2, 0.25) is 0 Å². The standard InChI is InChI=1S/C8H11N3O2S/c9-5-1-2-7(11-3-5)14-4-6(10)8(12)13/h1-3,6H,4,9-10H2,(H,12,13). The predicted octanol–water partition coefficient (Wildman–Crippen LogP) is 0.168. The maximum absolute atomic E-state index is 10.4. The summed E-state index contributed by atoms with van der Waals surface area (Å²) in [6.45, 7) is 0. The second-order valence-electron chi connectivity index (χ2n) is 2.69. The van der Waals surface area contributed by atoms with Gasteiger partial charge in [0.05, 0.1) is 16.9 Å². The summed E-state index contributed by atoms with van der Waals surface area (Å²) < 4.78 is 0. The number of carboxylic acids is 1. The summed E-state index contributed by atoms with van der Waals surface area (Å²) in [5.41, 5.74) is 11.3. The summed E-state index contributed by atoms with van der Waals surface area (Å²) in [6, 6.07) is 2.58. The van der Waals surface area contributed by atoms with Crippen LogP contribution in [-0.4, -0.2) is 27.9 Å². The van der Waals surface area contributed by atoms with Gasteiger partial charge in [0.1, 0.15) is 6.04 Å². The molecule has 0 aliphatic carbocycles. The van der Waals surface area contributed by atoms with E-state index < -0.39 is 12.0 Å². The lowest BCUT2D eigenvalue weighted by Gasteiger charge is -2.04. The Bertz CT molecular complexity index is 315. The van der Waals surface area contributed by atoms with E-state index in [1.54, 1.807) is 12.1 Å². The number of hydrogen-bond donors (Lipinski definition) is 3. The van der Waals surface area contributed by atoms with Crippen LogP contribution < -0.4 is 11.5 Å². The highest BCUT2D eigenvalue weighted by atomic mass is 32.2. The zero-order chi connectivity index (χ0) is 10.6. The van der Waals surface area contributed by atoms with Gasteiger partial charge in [-0.2, -0.15) is 0 Å². The number of pyridine rings is 1. The quantitative estimate of drug-likeness (QED) is 0.616. The molecule has 1 unspecified atom stereocenters. The van der Waals surface area contributed by atoms with E-state index >= 15 is 0 Å². The van der Waals surface area contributed by atoms with E-state index in [0.29, 0.717) is 11.4 Å². The minimum atomic E-state index is -1.01. The number of anilines is 1. The second kappa shape index (κ2) is 4.83. The Morgan fingerprint density at radius 1 is 1.64 bits per heavy atom. The first kappa shape index (κ1) is 10.8. The highest BCUT2D eigenvalue weighted by molar-refractivity contribution is 7.99. The normalized spacial score (nSPS) is 12.4. The fourth-order valence-electron chi connectivity index (χ4n) is 0.724. The van der Waals surface area contributed by atoms with Gasteiger partial charge in [0.15, 0.2) is 0 Å². The lowest BCUT2D eigenvalue weighted by molar-refractivity contribution is -0.137. The Labute approximate surface area is 85.5 Å². The predicted molar refractivity (Wildman–Crippen MR) is 55.0 cm³/mol. The summed E-state index contributed by atoms with van der Waals surface area (Å²) in [6.07, 6.45) is 1.52. The van der Waals surface area contributed by atoms with Crippen LogP contribution in [0.25, 0.3) is 0 Å². The molecule has 1 aromatic heterocycles. The number of aliphatic carboxylic acids is 1. The molecule has 5 nitrogen and oxygen atoms in total. The summed E-state index contributed by atoms with van der Waals surface area (Å²) in [7, 11) is 0. The molecule has 0 aromatic carbocycles. The molecule has 0 saturated heterocycles. The number of hydrogen-bond acceptors (Lipinski definition) is 5. The molecular weight excluding hydrogens is 202 g/mol. The zero-order valence-corrected chi connectivity index (χ0v) is 8.20. The van der Waals surface area contributed by atoms with E-state index in [2.05, 4.69) is 4.98 Å². The molecule has 0 radical (unpaired) electrons. The Morgan fingerprint density at radius 3 is 2.86 bits per heavy atom. The third-order valence-electron chi connectivity index (χ3n) is 1.49. The number of carboxylic acid groups (broad SMARTS) is 1. The average Bonchev–Trinajstić information content (AvgIpc) is 2.16. The number of thioether (sulfide) groups is 1. The van der Waals surface area contributed by atoms with Crippen molar-refractivity contribution in [1.29, 1.82) is 0 Å². The van der Waals surface area contributed by atoms with Crippen molar-refractivity contribution in [2.45, 2.75) is 11.1 Å². The summed E-state index contributed by atoms with van der Waals surface area (Å²) >= 11 is 1.29. The van der Waals surface area contributed by atoms with Crippen molar-refractivity contribution in [2.24, 2.45) is 5.73 Å². The van der Waals surface area contributed by atoms with E-state index in [4.69, 9.17) is 16.6 Å². The van der Waals surface area contributed by atoms with Crippen LogP contribution in [-0.2, 0) is 4.79 Å². The topological polar surface area (TPSA) is 102 Å². The molecule has 1 atom stereocenters. The monoisotopic (exact) mass is 213 g/mol. The molecule has 0 amide bonds. The first-order valence-electron chi connectivity index (χ1n) is 3.92. The van der Waals surface area contributed by atoms with Crippen LogP contribution in [0.3, 0.4) is 0 Å². The molecule has 76 valence electrons. The fraction of sp³-hybridized carbons (Fsp3) is 0.250. The van der Waals surface area contributed by atoms with Crippen LogP contribution >= 0.6 is 11.8 Å². The summed E-state index contributed by atoms with van der Waals surface area (Å²) in [5, 5.41) is 9.24. The van der Waals surface area contributed by atoms with Crippen molar-refractivity contribution in [3.05, 3.63) is 18.3 Å². The van der Waals surface area contributed by atoms with Gasteiger partial charge in [-0.3, -0.25) is 4.79 Å². The molecular formula is C8H11N3O2S. The van der Waals surface area contributed by atoms with Crippen molar-refractivity contribution in [3.63, 3.8) is 0 Å². The first-order valence-corrected chi connectivity index (χ1v) is 4.91. The van der Waals surface area contributed by atoms with Crippen LogP contribution in [0.1, 0.15) is 0 Å². The van der Waals surface area contributed by atoms with Crippen LogP contribution in [0.4, 0.5) is 5.69 Å². The third-order valence-corrected chi connectivity index (χ3v) is 2.55. The number of aromatic nitrogens is 1. The number of nitrogens with zero attached hydrogens (tertiary/aromatic N) is 1. The Hall–Kier alpha value is -1.27. The molecule has 6 heteroatoms. The average molecular weight is 213 g/mol.